The van der Waals surface area contributed by atoms with Crippen LogP contribution < -0.4 is 35.3 Å². The van der Waals surface area contributed by atoms with Crippen LogP contribution in [0.2, 0.25) is 0 Å². The van der Waals surface area contributed by atoms with Gasteiger partial charge < -0.3 is 10.3 Å². The van der Waals surface area contributed by atoms with Gasteiger partial charge in [0.05, 0.1) is 16.3 Å². The van der Waals surface area contributed by atoms with Gasteiger partial charge in [-0.05, 0) is 61.4 Å². The molecule has 0 heterocycles. The monoisotopic (exact) mass is 327 g/mol. The van der Waals surface area contributed by atoms with Gasteiger partial charge in [0.15, 0.2) is 0 Å². The van der Waals surface area contributed by atoms with Crippen molar-refractivity contribution in [2.24, 2.45) is 10.2 Å². The number of aryl methyl sites for hydroxylation is 2. The predicted octanol–water partition coefficient (Wildman–Crippen LogP) is 0.209. The second-order valence-electron chi connectivity index (χ2n) is 4.64. The Kier molecular flexibility index (Phi) is 6.27. The quantitative estimate of drug-likeness (QED) is 0.376. The zero-order valence-corrected chi connectivity index (χ0v) is 15.4. The summed E-state index contributed by atoms with van der Waals surface area (Å²) in [7, 11) is -4.44. The summed E-state index contributed by atoms with van der Waals surface area (Å²) in [6.45, 7) is 3.75. The maximum Gasteiger partial charge on any atom is 1.00 e. The zero-order valence-electron chi connectivity index (χ0n) is 12.6. The average molecular weight is 327 g/mol. The number of hydrogen-bond donors (Lipinski definition) is 1. The predicted molar refractivity (Wildman–Crippen MR) is 78.9 cm³/mol. The summed E-state index contributed by atoms with van der Waals surface area (Å²) in [5, 5.41) is 8.13. The minimum absolute atomic E-state index is 0. The van der Waals surface area contributed by atoms with Gasteiger partial charge >= 0.3 is 29.6 Å². The molecule has 0 spiro atoms. The number of rotatable bonds is 3. The summed E-state index contributed by atoms with van der Waals surface area (Å²) < 4.78 is 32.4. The van der Waals surface area contributed by atoms with Crippen molar-refractivity contribution >= 4 is 27.2 Å². The molecule has 8 heteroatoms. The fraction of sp³-hybridized carbons (Fsp3) is 0.143. The van der Waals surface area contributed by atoms with E-state index in [0.29, 0.717) is 17.1 Å². The van der Waals surface area contributed by atoms with E-state index in [1.165, 1.54) is 24.3 Å². The molecule has 0 aromatic heterocycles. The molecule has 0 aliphatic heterocycles. The molecule has 0 atom stereocenters. The molecule has 0 unspecified atom stereocenters. The Morgan fingerprint density at radius 2 is 1.59 bits per heavy atom. The number of nitrogens with two attached hydrogens (primary N) is 1. The number of azo groups is 1. The van der Waals surface area contributed by atoms with Gasteiger partial charge in [0.2, 0.25) is 0 Å². The van der Waals surface area contributed by atoms with Crippen LogP contribution in [0.4, 0.5) is 17.1 Å². The molecule has 22 heavy (non-hydrogen) atoms. The molecule has 6 nitrogen and oxygen atoms in total. The zero-order chi connectivity index (χ0) is 15.6. The first-order valence-electron chi connectivity index (χ1n) is 6.12. The van der Waals surface area contributed by atoms with E-state index in [2.05, 4.69) is 10.2 Å². The van der Waals surface area contributed by atoms with E-state index in [0.717, 1.165) is 11.1 Å². The van der Waals surface area contributed by atoms with Crippen LogP contribution in [0.5, 0.6) is 0 Å². The summed E-state index contributed by atoms with van der Waals surface area (Å²) in [5.41, 5.74) is 9.42. The minimum atomic E-state index is -4.44. The van der Waals surface area contributed by atoms with Crippen LogP contribution in [-0.2, 0) is 10.1 Å². The van der Waals surface area contributed by atoms with E-state index >= 15 is 0 Å². The van der Waals surface area contributed by atoms with Gasteiger partial charge in [0, 0.05) is 5.69 Å². The molecule has 2 aromatic carbocycles. The number of anilines is 1. The summed E-state index contributed by atoms with van der Waals surface area (Å²) in [6, 6.07) is 8.90. The van der Waals surface area contributed by atoms with E-state index < -0.39 is 10.1 Å². The van der Waals surface area contributed by atoms with Crippen LogP contribution >= 0.6 is 0 Å². The van der Waals surface area contributed by atoms with Crippen LogP contribution in [0.3, 0.4) is 0 Å². The standard InChI is InChI=1S/C14H15N3O3S.Na/c1-9-8-14(10(2)7-13(9)15)17-16-11-3-5-12(6-4-11)21(18,19)20;/h3-8H,15H2,1-2H3,(H,18,19,20);/q;+1/p-1. The maximum absolute atomic E-state index is 10.8. The van der Waals surface area contributed by atoms with Crippen LogP contribution in [0.25, 0.3) is 0 Å². The van der Waals surface area contributed by atoms with Crippen molar-refractivity contribution in [3.05, 3.63) is 47.5 Å². The van der Waals surface area contributed by atoms with Gasteiger partial charge in [-0.25, -0.2) is 8.42 Å². The first-order chi connectivity index (χ1) is 9.77. The van der Waals surface area contributed by atoms with E-state index in [9.17, 15) is 13.0 Å². The van der Waals surface area contributed by atoms with Crippen molar-refractivity contribution in [3.8, 4) is 0 Å². The third kappa shape index (κ3) is 4.62. The molecule has 2 rings (SSSR count). The van der Waals surface area contributed by atoms with Crippen LogP contribution in [0.15, 0.2) is 51.5 Å². The van der Waals surface area contributed by atoms with Crippen molar-refractivity contribution in [1.82, 2.24) is 0 Å². The van der Waals surface area contributed by atoms with Crippen molar-refractivity contribution in [1.29, 1.82) is 0 Å². The van der Waals surface area contributed by atoms with Gasteiger partial charge in [0.1, 0.15) is 10.1 Å². The van der Waals surface area contributed by atoms with Gasteiger partial charge in [-0.3, -0.25) is 0 Å². The molecule has 2 aromatic rings. The summed E-state index contributed by atoms with van der Waals surface area (Å²) in [6.07, 6.45) is 0. The van der Waals surface area contributed by atoms with Gasteiger partial charge in [-0.2, -0.15) is 10.2 Å². The largest absolute Gasteiger partial charge is 1.00 e. The Labute approximate surface area is 151 Å². The van der Waals surface area contributed by atoms with Gasteiger partial charge in [0.25, 0.3) is 0 Å². The third-order valence-electron chi connectivity index (χ3n) is 2.98. The second-order valence-corrected chi connectivity index (χ2v) is 6.02. The molecule has 0 amide bonds. The summed E-state index contributed by atoms with van der Waals surface area (Å²) in [4.78, 5) is -0.291. The second kappa shape index (κ2) is 7.34. The smallest absolute Gasteiger partial charge is 0.744 e. The van der Waals surface area contributed by atoms with Crippen molar-refractivity contribution < 1.29 is 42.5 Å². The molecule has 0 aliphatic rings. The Morgan fingerprint density at radius 3 is 2.14 bits per heavy atom. The number of hydrogen-bond acceptors (Lipinski definition) is 6. The Bertz CT molecular complexity index is 803. The Hall–Kier alpha value is -1.25. The van der Waals surface area contributed by atoms with Crippen LogP contribution in [0, 0.1) is 13.8 Å². The fourth-order valence-electron chi connectivity index (χ4n) is 1.72. The van der Waals surface area contributed by atoms with E-state index in [1.807, 2.05) is 26.0 Å². The topological polar surface area (TPSA) is 108 Å². The summed E-state index contributed by atoms with van der Waals surface area (Å²) in [5.74, 6) is 0. The molecular formula is C14H14N3NaO3S. The molecule has 2 N–H and O–H groups in total. The van der Waals surface area contributed by atoms with E-state index in [4.69, 9.17) is 5.73 Å². The number of nitrogens with zero attached hydrogens (tertiary/aromatic N) is 2. The average Bonchev–Trinajstić information content (AvgIpc) is 2.41. The molecule has 0 aliphatic carbocycles. The maximum atomic E-state index is 10.8. The minimum Gasteiger partial charge on any atom is -0.744 e. The van der Waals surface area contributed by atoms with Crippen molar-refractivity contribution in [2.75, 3.05) is 5.73 Å². The van der Waals surface area contributed by atoms with Crippen LogP contribution in [0.1, 0.15) is 11.1 Å². The van der Waals surface area contributed by atoms with Crippen LogP contribution in [-0.4, -0.2) is 13.0 Å². The third-order valence-corrected chi connectivity index (χ3v) is 3.83. The molecule has 0 saturated carbocycles. The molecule has 0 saturated heterocycles. The molecule has 0 fully saturated rings. The molecule has 110 valence electrons. The fourth-order valence-corrected chi connectivity index (χ4v) is 2.19. The number of benzene rings is 2. The SMILES string of the molecule is Cc1cc(N=Nc2ccc(S(=O)(=O)[O-])cc2)c(C)cc1N.[Na+]. The molecule has 0 radical (unpaired) electrons. The van der Waals surface area contributed by atoms with Crippen molar-refractivity contribution in [3.63, 3.8) is 0 Å². The van der Waals surface area contributed by atoms with Gasteiger partial charge in [-0.15, -0.1) is 0 Å². The molecule has 0 bridgehead atoms. The first-order valence-corrected chi connectivity index (χ1v) is 7.52. The number of nitrogen functional groups attached to an aromatic ring is 1. The first kappa shape index (κ1) is 18.8. The molecular weight excluding hydrogens is 313 g/mol. The van der Waals surface area contributed by atoms with E-state index in [-0.39, 0.29) is 34.5 Å². The normalized spacial score (nSPS) is 11.4. The Morgan fingerprint density at radius 1 is 1.00 bits per heavy atom. The Balaban J connectivity index is 0.00000242. The summed E-state index contributed by atoms with van der Waals surface area (Å²) >= 11 is 0. The van der Waals surface area contributed by atoms with Gasteiger partial charge in [-0.1, -0.05) is 0 Å². The van der Waals surface area contributed by atoms with E-state index in [1.54, 1.807) is 0 Å². The van der Waals surface area contributed by atoms with Crippen molar-refractivity contribution in [2.45, 2.75) is 18.7 Å².